The molecule has 0 aromatic carbocycles. The predicted molar refractivity (Wildman–Crippen MR) is 31.3 cm³/mol. The van der Waals surface area contributed by atoms with Gasteiger partial charge in [-0.3, -0.25) is 0 Å². The largest absolute Gasteiger partial charge is 0.426 e. The first-order valence-corrected chi connectivity index (χ1v) is 2.66. The Morgan fingerprint density at radius 3 is 2.40 bits per heavy atom. The first kappa shape index (κ1) is 9.78. The number of hydrogen-bond donors (Lipinski definition) is 0. The van der Waals surface area contributed by atoms with E-state index in [4.69, 9.17) is 11.6 Å². The van der Waals surface area contributed by atoms with E-state index < -0.39 is 11.2 Å². The molecule has 0 unspecified atom stereocenters. The number of hydrogen-bond acceptors (Lipinski definition) is 1. The van der Waals surface area contributed by atoms with Crippen molar-refractivity contribution in [2.45, 2.75) is 6.18 Å². The van der Waals surface area contributed by atoms with E-state index in [0.717, 1.165) is 0 Å². The van der Waals surface area contributed by atoms with Gasteiger partial charge in [0.25, 0.3) is 0 Å². The number of allylic oxidation sites excluding steroid dienone is 1. The summed E-state index contributed by atoms with van der Waals surface area (Å²) in [5.41, 5.74) is 0. The molecule has 0 spiro atoms. The zero-order valence-electron chi connectivity index (χ0n) is 4.91. The van der Waals surface area contributed by atoms with E-state index in [1.165, 1.54) is 0 Å². The lowest BCUT2D eigenvalue weighted by molar-refractivity contribution is -0.0849. The normalized spacial score (nSPS) is 13.9. The van der Waals surface area contributed by atoms with Gasteiger partial charge in [-0.15, -0.1) is 0 Å². The SMILES string of the molecule is [CH2]OCC=C(Cl)C(F)(F)F. The van der Waals surface area contributed by atoms with E-state index in [2.05, 4.69) is 11.8 Å². The molecule has 0 fully saturated rings. The zero-order valence-corrected chi connectivity index (χ0v) is 5.67. The third kappa shape index (κ3) is 3.74. The summed E-state index contributed by atoms with van der Waals surface area (Å²) in [4.78, 5) is 0. The lowest BCUT2D eigenvalue weighted by Gasteiger charge is -2.02. The average Bonchev–Trinajstić information content (AvgIpc) is 1.80. The number of ether oxygens (including phenoxy) is 1. The third-order valence-corrected chi connectivity index (χ3v) is 1.02. The maximum atomic E-state index is 11.5. The van der Waals surface area contributed by atoms with Crippen molar-refractivity contribution < 1.29 is 17.9 Å². The summed E-state index contributed by atoms with van der Waals surface area (Å²) in [7, 11) is 2.87. The van der Waals surface area contributed by atoms with Gasteiger partial charge in [-0.25, -0.2) is 0 Å². The van der Waals surface area contributed by atoms with Crippen molar-refractivity contribution in [2.24, 2.45) is 0 Å². The van der Waals surface area contributed by atoms with Crippen LogP contribution in [0.3, 0.4) is 0 Å². The molecule has 0 saturated carbocycles. The van der Waals surface area contributed by atoms with Gasteiger partial charge in [0.1, 0.15) is 5.03 Å². The molecule has 1 radical (unpaired) electrons. The van der Waals surface area contributed by atoms with Crippen molar-refractivity contribution in [3.63, 3.8) is 0 Å². The second-order valence-electron chi connectivity index (χ2n) is 1.42. The van der Waals surface area contributed by atoms with Gasteiger partial charge in [-0.2, -0.15) is 13.2 Å². The van der Waals surface area contributed by atoms with Gasteiger partial charge >= 0.3 is 6.18 Å². The summed E-state index contributed by atoms with van der Waals surface area (Å²) < 4.78 is 38.6. The fourth-order valence-electron chi connectivity index (χ4n) is 0.248. The molecule has 10 heavy (non-hydrogen) atoms. The summed E-state index contributed by atoms with van der Waals surface area (Å²) in [6.07, 6.45) is -3.77. The lowest BCUT2D eigenvalue weighted by Crippen LogP contribution is -2.07. The molecule has 0 aromatic rings. The molecule has 0 heterocycles. The Labute approximate surface area is 61.4 Å². The molecule has 0 aromatic heterocycles. The van der Waals surface area contributed by atoms with Gasteiger partial charge in [-0.1, -0.05) is 11.6 Å². The maximum absolute atomic E-state index is 11.5. The van der Waals surface area contributed by atoms with Gasteiger partial charge in [-0.05, 0) is 6.08 Å². The van der Waals surface area contributed by atoms with Crippen LogP contribution in [0.1, 0.15) is 0 Å². The smallest absolute Gasteiger partial charge is 0.375 e. The van der Waals surface area contributed by atoms with Crippen molar-refractivity contribution in [3.8, 4) is 0 Å². The minimum absolute atomic E-state index is 0.238. The third-order valence-electron chi connectivity index (χ3n) is 0.651. The number of alkyl halides is 3. The number of rotatable bonds is 2. The van der Waals surface area contributed by atoms with E-state index in [-0.39, 0.29) is 6.61 Å². The highest BCUT2D eigenvalue weighted by atomic mass is 35.5. The van der Waals surface area contributed by atoms with Crippen LogP contribution < -0.4 is 0 Å². The molecule has 1 nitrogen and oxygen atoms in total. The van der Waals surface area contributed by atoms with Crippen LogP contribution in [-0.2, 0) is 4.74 Å². The Balaban J connectivity index is 3.93. The monoisotopic (exact) mass is 173 g/mol. The zero-order chi connectivity index (χ0) is 8.20. The second kappa shape index (κ2) is 3.83. The molecule has 0 aliphatic heterocycles. The van der Waals surface area contributed by atoms with Gasteiger partial charge < -0.3 is 4.74 Å². The molecule has 5 heteroatoms. The fraction of sp³-hybridized carbons (Fsp3) is 0.400. The Bertz CT molecular complexity index is 129. The lowest BCUT2D eigenvalue weighted by atomic mass is 10.5. The van der Waals surface area contributed by atoms with Crippen LogP contribution in [0.15, 0.2) is 11.1 Å². The minimum atomic E-state index is -4.47. The van der Waals surface area contributed by atoms with Crippen molar-refractivity contribution in [3.05, 3.63) is 18.2 Å². The summed E-state index contributed by atoms with van der Waals surface area (Å²) in [5, 5.41) is -1.18. The molecule has 0 aliphatic rings. The molecule has 0 bridgehead atoms. The Hall–Kier alpha value is -0.220. The number of halogens is 4. The van der Waals surface area contributed by atoms with Crippen molar-refractivity contribution in [1.82, 2.24) is 0 Å². The predicted octanol–water partition coefficient (Wildman–Crippen LogP) is 2.48. The minimum Gasteiger partial charge on any atom is -0.375 e. The molecule has 0 amide bonds. The quantitative estimate of drug-likeness (QED) is 0.623. The van der Waals surface area contributed by atoms with Crippen LogP contribution in [0.2, 0.25) is 0 Å². The highest BCUT2D eigenvalue weighted by Crippen LogP contribution is 2.27. The van der Waals surface area contributed by atoms with Crippen LogP contribution in [0, 0.1) is 7.11 Å². The van der Waals surface area contributed by atoms with Crippen molar-refractivity contribution >= 4 is 11.6 Å². The average molecular weight is 174 g/mol. The molecule has 0 rings (SSSR count). The Kier molecular flexibility index (Phi) is 3.75. The van der Waals surface area contributed by atoms with E-state index in [9.17, 15) is 13.2 Å². The van der Waals surface area contributed by atoms with Crippen molar-refractivity contribution in [2.75, 3.05) is 6.61 Å². The Morgan fingerprint density at radius 1 is 1.60 bits per heavy atom. The van der Waals surface area contributed by atoms with Gasteiger partial charge in [0.2, 0.25) is 0 Å². The van der Waals surface area contributed by atoms with Gasteiger partial charge in [0, 0.05) is 0 Å². The molecular formula is C5H5ClF3O. The van der Waals surface area contributed by atoms with Crippen LogP contribution >= 0.6 is 11.6 Å². The van der Waals surface area contributed by atoms with E-state index in [1.807, 2.05) is 0 Å². The molecule has 59 valence electrons. The van der Waals surface area contributed by atoms with Crippen LogP contribution in [0.5, 0.6) is 0 Å². The second-order valence-corrected chi connectivity index (χ2v) is 1.83. The van der Waals surface area contributed by atoms with Gasteiger partial charge in [0.05, 0.1) is 13.7 Å². The summed E-state index contributed by atoms with van der Waals surface area (Å²) in [5.74, 6) is 0. The molecule has 0 atom stereocenters. The van der Waals surface area contributed by atoms with Crippen LogP contribution in [-0.4, -0.2) is 12.8 Å². The van der Waals surface area contributed by atoms with Crippen molar-refractivity contribution in [1.29, 1.82) is 0 Å². The van der Waals surface area contributed by atoms with Crippen LogP contribution in [0.4, 0.5) is 13.2 Å². The molecule has 0 saturated heterocycles. The highest BCUT2D eigenvalue weighted by Gasteiger charge is 2.31. The van der Waals surface area contributed by atoms with Gasteiger partial charge in [0.15, 0.2) is 0 Å². The molecular weight excluding hydrogens is 169 g/mol. The first-order chi connectivity index (χ1) is 4.48. The first-order valence-electron chi connectivity index (χ1n) is 2.28. The molecule has 0 aliphatic carbocycles. The van der Waals surface area contributed by atoms with E-state index >= 15 is 0 Å². The maximum Gasteiger partial charge on any atom is 0.426 e. The fourth-order valence-corrected chi connectivity index (χ4v) is 0.311. The van der Waals surface area contributed by atoms with Crippen LogP contribution in [0.25, 0.3) is 0 Å². The topological polar surface area (TPSA) is 9.23 Å². The molecule has 0 N–H and O–H groups in total. The highest BCUT2D eigenvalue weighted by molar-refractivity contribution is 6.30. The van der Waals surface area contributed by atoms with E-state index in [1.54, 1.807) is 0 Å². The summed E-state index contributed by atoms with van der Waals surface area (Å²) in [6.45, 7) is -0.238. The van der Waals surface area contributed by atoms with E-state index in [0.29, 0.717) is 6.08 Å². The summed E-state index contributed by atoms with van der Waals surface area (Å²) >= 11 is 4.76. The summed E-state index contributed by atoms with van der Waals surface area (Å²) in [6, 6.07) is 0. The Morgan fingerprint density at radius 2 is 2.10 bits per heavy atom. The standard InChI is InChI=1S/C5H5ClF3O/c1-10-3-2-4(6)5(7,8)9/h2H,1,3H2.